The van der Waals surface area contributed by atoms with Gasteiger partial charge < -0.3 is 10.0 Å². The van der Waals surface area contributed by atoms with Crippen molar-refractivity contribution >= 4 is 28.7 Å². The number of carbonyl (C=O) groups is 1. The quantitative estimate of drug-likeness (QED) is 0.268. The zero-order valence-corrected chi connectivity index (χ0v) is 22.9. The van der Waals surface area contributed by atoms with Gasteiger partial charge in [0.05, 0.1) is 16.1 Å². The minimum atomic E-state index is -4.66. The lowest BCUT2D eigenvalue weighted by Crippen LogP contribution is -2.48. The highest BCUT2D eigenvalue weighted by molar-refractivity contribution is 6.31. The van der Waals surface area contributed by atoms with Gasteiger partial charge in [0.15, 0.2) is 0 Å². The van der Waals surface area contributed by atoms with Crippen LogP contribution in [0.25, 0.3) is 11.1 Å². The molecule has 1 fully saturated rings. The fraction of sp³-hybridized carbons (Fsp3) is 0.344. The lowest BCUT2D eigenvalue weighted by molar-refractivity contribution is -0.137. The van der Waals surface area contributed by atoms with Crippen LogP contribution in [0.2, 0.25) is 5.02 Å². The average molecular weight is 590 g/mol. The van der Waals surface area contributed by atoms with Crippen molar-refractivity contribution in [3.63, 3.8) is 0 Å². The summed E-state index contributed by atoms with van der Waals surface area (Å²) in [6.45, 7) is 1.91. The second-order valence-corrected chi connectivity index (χ2v) is 11.2. The van der Waals surface area contributed by atoms with Crippen LogP contribution in [-0.4, -0.2) is 42.0 Å². The van der Waals surface area contributed by atoms with Crippen LogP contribution in [0.3, 0.4) is 0 Å². The number of halogens is 6. The van der Waals surface area contributed by atoms with E-state index in [-0.39, 0.29) is 22.6 Å². The summed E-state index contributed by atoms with van der Waals surface area (Å²) in [5, 5.41) is 9.17. The molecule has 1 heterocycles. The number of alkyl halides is 5. The molecule has 0 atom stereocenters. The van der Waals surface area contributed by atoms with Crippen molar-refractivity contribution < 1.29 is 31.9 Å². The Labute approximate surface area is 240 Å². The highest BCUT2D eigenvalue weighted by Gasteiger charge is 2.37. The third-order valence-electron chi connectivity index (χ3n) is 7.88. The molecule has 0 amide bonds. The number of hydrogen-bond acceptors (Lipinski definition) is 2. The summed E-state index contributed by atoms with van der Waals surface area (Å²) < 4.78 is 67.7. The van der Waals surface area contributed by atoms with Crippen molar-refractivity contribution in [3.05, 3.63) is 105 Å². The van der Waals surface area contributed by atoms with Crippen molar-refractivity contribution in [3.8, 4) is 0 Å². The number of carboxylic acid groups (broad SMARTS) is 1. The lowest BCUT2D eigenvalue weighted by atomic mass is 9.85. The normalized spacial score (nSPS) is 16.5. The Bertz CT molecular complexity index is 1460. The average Bonchev–Trinajstić information content (AvgIpc) is 3.08. The number of hydrogen-bond donors (Lipinski definition) is 1. The van der Waals surface area contributed by atoms with Crippen molar-refractivity contribution in [2.24, 2.45) is 5.92 Å². The van der Waals surface area contributed by atoms with E-state index < -0.39 is 24.1 Å². The first-order valence-electron chi connectivity index (χ1n) is 13.6. The first-order valence-corrected chi connectivity index (χ1v) is 13.9. The van der Waals surface area contributed by atoms with Crippen LogP contribution >= 0.6 is 11.6 Å². The number of fused-ring (bicyclic) bond motifs is 1. The largest absolute Gasteiger partial charge is 0.478 e. The van der Waals surface area contributed by atoms with Crippen LogP contribution < -0.4 is 0 Å². The molecule has 2 aliphatic rings. The standard InChI is InChI=1S/C32H29ClF5NO2/c33-27-6-2-5-26(30(27)32(36,37)38)25-4-1-3-22-16-23(31(40)41)11-12-24(22)29(25)21-9-7-19(8-10-21)15-20-17-39(18-20)14-13-28(34)35/h2,5-12,16,20,28H,1,3-4,13-15,17-18H2,(H,40,41). The van der Waals surface area contributed by atoms with Crippen molar-refractivity contribution in [1.29, 1.82) is 0 Å². The molecule has 1 aliphatic carbocycles. The van der Waals surface area contributed by atoms with Crippen LogP contribution in [0.15, 0.2) is 60.7 Å². The molecule has 216 valence electrons. The molecule has 41 heavy (non-hydrogen) atoms. The maximum atomic E-state index is 14.2. The minimum absolute atomic E-state index is 0.0256. The number of aromatic carboxylic acids is 1. The fourth-order valence-corrected chi connectivity index (χ4v) is 6.27. The van der Waals surface area contributed by atoms with E-state index >= 15 is 0 Å². The fourth-order valence-electron chi connectivity index (χ4n) is 5.99. The highest BCUT2D eigenvalue weighted by Crippen LogP contribution is 2.46. The van der Waals surface area contributed by atoms with Gasteiger partial charge in [-0.1, -0.05) is 54.1 Å². The lowest BCUT2D eigenvalue weighted by Gasteiger charge is -2.39. The van der Waals surface area contributed by atoms with Gasteiger partial charge in [-0.15, -0.1) is 0 Å². The number of carboxylic acids is 1. The van der Waals surface area contributed by atoms with E-state index in [0.717, 1.165) is 36.2 Å². The molecule has 0 saturated carbocycles. The number of allylic oxidation sites excluding steroid dienone is 1. The van der Waals surface area contributed by atoms with Gasteiger partial charge in [-0.3, -0.25) is 0 Å². The summed E-state index contributed by atoms with van der Waals surface area (Å²) in [4.78, 5) is 13.7. The molecule has 9 heteroatoms. The molecule has 0 bridgehead atoms. The van der Waals surface area contributed by atoms with Gasteiger partial charge in [-0.25, -0.2) is 13.6 Å². The van der Waals surface area contributed by atoms with Crippen LogP contribution in [0.1, 0.15) is 63.0 Å². The zero-order valence-electron chi connectivity index (χ0n) is 22.2. The van der Waals surface area contributed by atoms with Gasteiger partial charge in [0, 0.05) is 26.1 Å². The minimum Gasteiger partial charge on any atom is -0.478 e. The number of likely N-dealkylation sites (tertiary alicyclic amines) is 1. The van der Waals surface area contributed by atoms with Gasteiger partial charge in [-0.05, 0) is 88.8 Å². The third-order valence-corrected chi connectivity index (χ3v) is 8.20. The van der Waals surface area contributed by atoms with E-state index in [1.54, 1.807) is 12.1 Å². The Hall–Kier alpha value is -3.23. The van der Waals surface area contributed by atoms with Gasteiger partial charge in [0.2, 0.25) is 6.43 Å². The summed E-state index contributed by atoms with van der Waals surface area (Å²) in [6, 6.07) is 16.7. The molecule has 5 rings (SSSR count). The third kappa shape index (κ3) is 6.49. The molecule has 1 aliphatic heterocycles. The van der Waals surface area contributed by atoms with E-state index in [0.29, 0.717) is 48.4 Å². The van der Waals surface area contributed by atoms with Gasteiger partial charge in [0.25, 0.3) is 0 Å². The number of benzene rings is 3. The van der Waals surface area contributed by atoms with E-state index in [1.165, 1.54) is 24.3 Å². The van der Waals surface area contributed by atoms with Gasteiger partial charge in [0.1, 0.15) is 0 Å². The molecule has 0 radical (unpaired) electrons. The Morgan fingerprint density at radius 1 is 1.00 bits per heavy atom. The topological polar surface area (TPSA) is 40.5 Å². The Balaban J connectivity index is 1.54. The number of rotatable bonds is 8. The SMILES string of the molecule is O=C(O)c1ccc2c(c1)CCCC(c1cccc(Cl)c1C(F)(F)F)=C2c1ccc(CC2CN(CCC(F)F)C2)cc1. The molecular formula is C32H29ClF5NO2. The Morgan fingerprint density at radius 3 is 2.39 bits per heavy atom. The van der Waals surface area contributed by atoms with E-state index in [2.05, 4.69) is 0 Å². The van der Waals surface area contributed by atoms with Crippen LogP contribution in [0.5, 0.6) is 0 Å². The summed E-state index contributed by atoms with van der Waals surface area (Å²) in [5.41, 5.74) is 3.70. The Kier molecular flexibility index (Phi) is 8.52. The summed E-state index contributed by atoms with van der Waals surface area (Å²) in [7, 11) is 0. The number of nitrogens with zero attached hydrogens (tertiary/aromatic N) is 1. The van der Waals surface area contributed by atoms with Crippen molar-refractivity contribution in [2.75, 3.05) is 19.6 Å². The summed E-state index contributed by atoms with van der Waals surface area (Å²) >= 11 is 6.11. The second-order valence-electron chi connectivity index (χ2n) is 10.8. The van der Waals surface area contributed by atoms with Crippen LogP contribution in [0, 0.1) is 5.92 Å². The predicted octanol–water partition coefficient (Wildman–Crippen LogP) is 8.48. The maximum Gasteiger partial charge on any atom is 0.418 e. The molecule has 0 aromatic heterocycles. The Morgan fingerprint density at radius 2 is 1.73 bits per heavy atom. The van der Waals surface area contributed by atoms with Crippen LogP contribution in [-0.2, 0) is 19.0 Å². The van der Waals surface area contributed by atoms with E-state index in [9.17, 15) is 31.9 Å². The predicted molar refractivity (Wildman–Crippen MR) is 149 cm³/mol. The molecule has 3 aromatic rings. The maximum absolute atomic E-state index is 14.2. The van der Waals surface area contributed by atoms with E-state index in [4.69, 9.17) is 11.6 Å². The van der Waals surface area contributed by atoms with Gasteiger partial charge >= 0.3 is 12.1 Å². The molecule has 3 aromatic carbocycles. The molecule has 1 N–H and O–H groups in total. The highest BCUT2D eigenvalue weighted by atomic mass is 35.5. The van der Waals surface area contributed by atoms with Crippen LogP contribution in [0.4, 0.5) is 22.0 Å². The molecule has 3 nitrogen and oxygen atoms in total. The van der Waals surface area contributed by atoms with E-state index in [1.807, 2.05) is 29.2 Å². The summed E-state index contributed by atoms with van der Waals surface area (Å²) in [6.07, 6.45) is -4.89. The molecule has 1 saturated heterocycles. The second kappa shape index (κ2) is 11.9. The van der Waals surface area contributed by atoms with Crippen molar-refractivity contribution in [2.45, 2.75) is 44.7 Å². The summed E-state index contributed by atoms with van der Waals surface area (Å²) in [5.74, 6) is -0.702. The number of aryl methyl sites for hydroxylation is 1. The molecule has 0 spiro atoms. The first-order chi connectivity index (χ1) is 19.5. The monoisotopic (exact) mass is 589 g/mol. The zero-order chi connectivity index (χ0) is 29.3. The van der Waals surface area contributed by atoms with Gasteiger partial charge in [-0.2, -0.15) is 13.2 Å². The first kappa shape index (κ1) is 29.3. The molecule has 0 unspecified atom stereocenters. The van der Waals surface area contributed by atoms with Crippen molar-refractivity contribution in [1.82, 2.24) is 4.90 Å². The smallest absolute Gasteiger partial charge is 0.418 e. The molecular weight excluding hydrogens is 561 g/mol.